The summed E-state index contributed by atoms with van der Waals surface area (Å²) in [6, 6.07) is 10.1. The topological polar surface area (TPSA) is 72.9 Å². The van der Waals surface area contributed by atoms with E-state index in [-0.39, 0.29) is 25.2 Å². The fraction of sp³-hybridized carbons (Fsp3) is 0.500. The molecule has 1 fully saturated rings. The quantitative estimate of drug-likeness (QED) is 0.700. The van der Waals surface area contributed by atoms with Crippen molar-refractivity contribution in [1.29, 1.82) is 0 Å². The first-order valence-corrected chi connectivity index (χ1v) is 10.8. The van der Waals surface area contributed by atoms with Gasteiger partial charge < -0.3 is 24.4 Å². The largest absolute Gasteiger partial charge is 0.489 e. The fourth-order valence-corrected chi connectivity index (χ4v) is 3.58. The predicted molar refractivity (Wildman–Crippen MR) is 123 cm³/mol. The average molecular weight is 446 g/mol. The molecule has 32 heavy (non-hydrogen) atoms. The number of hydrogen-bond acceptors (Lipinski definition) is 6. The van der Waals surface area contributed by atoms with Gasteiger partial charge in [-0.1, -0.05) is 0 Å². The Morgan fingerprint density at radius 2 is 1.97 bits per heavy atom. The Hall–Kier alpha value is -2.87. The van der Waals surface area contributed by atoms with Crippen molar-refractivity contribution in [2.75, 3.05) is 31.3 Å². The molecule has 1 amide bonds. The van der Waals surface area contributed by atoms with Crippen LogP contribution >= 0.6 is 0 Å². The molecule has 2 aromatic rings. The van der Waals surface area contributed by atoms with Crippen molar-refractivity contribution in [2.24, 2.45) is 0 Å². The number of pyridine rings is 1. The summed E-state index contributed by atoms with van der Waals surface area (Å²) in [5, 5.41) is 3.46. The lowest BCUT2D eigenvalue weighted by molar-refractivity contribution is 0.0531. The molecule has 2 unspecified atom stereocenters. The predicted octanol–water partition coefficient (Wildman–Crippen LogP) is 4.61. The van der Waals surface area contributed by atoms with E-state index in [2.05, 4.69) is 24.1 Å². The number of alkyl carbamates (subject to hydrolysis) is 1. The van der Waals surface area contributed by atoms with Crippen LogP contribution in [0, 0.1) is 0 Å². The number of ether oxygens (including phenoxy) is 3. The van der Waals surface area contributed by atoms with Gasteiger partial charge in [0.25, 0.3) is 0 Å². The minimum absolute atomic E-state index is 0.000171. The number of nitrogens with one attached hydrogen (secondary N) is 1. The number of rotatable bonds is 6. The number of hydrogen-bond donors (Lipinski definition) is 1. The van der Waals surface area contributed by atoms with Crippen molar-refractivity contribution >= 4 is 22.8 Å². The van der Waals surface area contributed by atoms with Gasteiger partial charge in [0.1, 0.15) is 23.8 Å². The zero-order valence-corrected chi connectivity index (χ0v) is 19.4. The zero-order chi connectivity index (χ0) is 23.3. The second-order valence-electron chi connectivity index (χ2n) is 9.08. The summed E-state index contributed by atoms with van der Waals surface area (Å²) in [4.78, 5) is 18.8. The first-order chi connectivity index (χ1) is 15.2. The second kappa shape index (κ2) is 10.2. The molecule has 1 aliphatic heterocycles. The lowest BCUT2D eigenvalue weighted by Crippen LogP contribution is -2.50. The van der Waals surface area contributed by atoms with Gasteiger partial charge in [-0.05, 0) is 65.0 Å². The number of carbonyl (C=O) groups is 1. The summed E-state index contributed by atoms with van der Waals surface area (Å²) < 4.78 is 29.7. The number of benzene rings is 1. The van der Waals surface area contributed by atoms with Gasteiger partial charge in [-0.15, -0.1) is 0 Å². The zero-order valence-electron chi connectivity index (χ0n) is 19.4. The van der Waals surface area contributed by atoms with Gasteiger partial charge in [-0.25, -0.2) is 14.2 Å². The van der Waals surface area contributed by atoms with Gasteiger partial charge >= 0.3 is 6.09 Å². The van der Waals surface area contributed by atoms with Crippen LogP contribution in [0.3, 0.4) is 0 Å². The second-order valence-corrected chi connectivity index (χ2v) is 9.08. The van der Waals surface area contributed by atoms with Crippen LogP contribution in [0.25, 0.3) is 10.9 Å². The molecule has 1 saturated heterocycles. The Bertz CT molecular complexity index is 963. The van der Waals surface area contributed by atoms with Crippen LogP contribution in [0.4, 0.5) is 15.0 Å². The van der Waals surface area contributed by atoms with Crippen LogP contribution in [0.2, 0.25) is 0 Å². The van der Waals surface area contributed by atoms with Gasteiger partial charge in [0.2, 0.25) is 0 Å². The maximum Gasteiger partial charge on any atom is 0.407 e. The number of aromatic nitrogens is 1. The number of halogens is 1. The van der Waals surface area contributed by atoms with E-state index in [1.54, 1.807) is 20.8 Å². The van der Waals surface area contributed by atoms with E-state index in [0.29, 0.717) is 30.9 Å². The third kappa shape index (κ3) is 6.32. The van der Waals surface area contributed by atoms with Crippen LogP contribution in [0.15, 0.2) is 42.2 Å². The van der Waals surface area contributed by atoms with Gasteiger partial charge in [0, 0.05) is 17.5 Å². The Balaban J connectivity index is 1.61. The lowest BCUT2D eigenvalue weighted by Gasteiger charge is -2.39. The molecule has 2 heterocycles. The Kier molecular flexibility index (Phi) is 7.56. The lowest BCUT2D eigenvalue weighted by atomic mass is 10.1. The summed E-state index contributed by atoms with van der Waals surface area (Å²) >= 11 is 0. The smallest absolute Gasteiger partial charge is 0.407 e. The molecule has 7 nitrogen and oxygen atoms in total. The highest BCUT2D eigenvalue weighted by Crippen LogP contribution is 2.26. The van der Waals surface area contributed by atoms with E-state index in [1.807, 2.05) is 30.3 Å². The van der Waals surface area contributed by atoms with Crippen LogP contribution < -0.4 is 15.0 Å². The first-order valence-electron chi connectivity index (χ1n) is 10.8. The summed E-state index contributed by atoms with van der Waals surface area (Å²) in [6.07, 6.45) is -0.162. The maximum absolute atomic E-state index is 13.2. The highest BCUT2D eigenvalue weighted by molar-refractivity contribution is 5.82. The highest BCUT2D eigenvalue weighted by atomic mass is 19.1. The van der Waals surface area contributed by atoms with Gasteiger partial charge in [-0.3, -0.25) is 0 Å². The summed E-state index contributed by atoms with van der Waals surface area (Å²) in [7, 11) is 0. The third-order valence-corrected chi connectivity index (χ3v) is 5.02. The SMILES string of the molecule is CC1COCC(C)N1c1ccc2cc(OC/C(=C/F)CNC(=O)OC(C)(C)C)ccc2n1. The highest BCUT2D eigenvalue weighted by Gasteiger charge is 2.26. The maximum atomic E-state index is 13.2. The van der Waals surface area contributed by atoms with E-state index in [9.17, 15) is 9.18 Å². The molecule has 3 rings (SSSR count). The van der Waals surface area contributed by atoms with E-state index in [4.69, 9.17) is 19.2 Å². The van der Waals surface area contributed by atoms with Gasteiger partial charge in [0.05, 0.1) is 37.1 Å². The third-order valence-electron chi connectivity index (χ3n) is 5.02. The number of amides is 1. The Morgan fingerprint density at radius 3 is 2.62 bits per heavy atom. The van der Waals surface area contributed by atoms with Crippen LogP contribution in [-0.2, 0) is 9.47 Å². The van der Waals surface area contributed by atoms with Crippen molar-refractivity contribution in [1.82, 2.24) is 10.3 Å². The molecule has 1 aromatic heterocycles. The number of anilines is 1. The average Bonchev–Trinajstić information content (AvgIpc) is 2.72. The minimum Gasteiger partial charge on any atom is -0.489 e. The van der Waals surface area contributed by atoms with Gasteiger partial charge in [0.15, 0.2) is 0 Å². The van der Waals surface area contributed by atoms with E-state index >= 15 is 0 Å². The van der Waals surface area contributed by atoms with E-state index in [1.165, 1.54) is 0 Å². The molecule has 8 heteroatoms. The summed E-state index contributed by atoms with van der Waals surface area (Å²) in [5.41, 5.74) is 0.533. The molecule has 2 atom stereocenters. The molecule has 0 aliphatic carbocycles. The van der Waals surface area contributed by atoms with Crippen LogP contribution in [-0.4, -0.2) is 55.1 Å². The van der Waals surface area contributed by atoms with E-state index in [0.717, 1.165) is 16.7 Å². The molecular weight excluding hydrogens is 413 g/mol. The molecule has 174 valence electrons. The standard InChI is InChI=1S/C24H32FN3O4/c1-16-13-30-14-17(2)28(16)22-9-6-19-10-20(7-8-21(19)27-22)31-15-18(11-25)12-26-23(29)32-24(3,4)5/h6-11,16-17H,12-15H2,1-5H3,(H,26,29)/b18-11+. The molecule has 1 aromatic carbocycles. The van der Waals surface area contributed by atoms with Crippen molar-refractivity contribution in [3.05, 3.63) is 42.2 Å². The fourth-order valence-electron chi connectivity index (χ4n) is 3.58. The van der Waals surface area contributed by atoms with Crippen molar-refractivity contribution in [3.8, 4) is 5.75 Å². The van der Waals surface area contributed by atoms with Crippen molar-refractivity contribution < 1.29 is 23.4 Å². The number of fused-ring (bicyclic) bond motifs is 1. The molecule has 1 N–H and O–H groups in total. The normalized spacial score (nSPS) is 19.7. The minimum atomic E-state index is -0.614. The van der Waals surface area contributed by atoms with Crippen molar-refractivity contribution in [3.63, 3.8) is 0 Å². The summed E-state index contributed by atoms with van der Waals surface area (Å²) in [5.74, 6) is 1.52. The molecule has 1 aliphatic rings. The Labute approximate surface area is 188 Å². The Morgan fingerprint density at radius 1 is 1.25 bits per heavy atom. The molecule has 0 bridgehead atoms. The number of morpholine rings is 1. The monoisotopic (exact) mass is 445 g/mol. The first kappa shape index (κ1) is 23.8. The van der Waals surface area contributed by atoms with Crippen LogP contribution in [0.5, 0.6) is 5.75 Å². The number of carbonyl (C=O) groups excluding carboxylic acids is 1. The molecular formula is C24H32FN3O4. The van der Waals surface area contributed by atoms with Crippen molar-refractivity contribution in [2.45, 2.75) is 52.3 Å². The molecule has 0 spiro atoms. The summed E-state index contributed by atoms with van der Waals surface area (Å²) in [6.45, 7) is 10.9. The van der Waals surface area contributed by atoms with E-state index < -0.39 is 11.7 Å². The van der Waals surface area contributed by atoms with Crippen LogP contribution in [0.1, 0.15) is 34.6 Å². The molecule has 0 saturated carbocycles. The molecule has 0 radical (unpaired) electrons. The van der Waals surface area contributed by atoms with Gasteiger partial charge in [-0.2, -0.15) is 0 Å². The number of nitrogens with zero attached hydrogens (tertiary/aromatic N) is 2.